The lowest BCUT2D eigenvalue weighted by Crippen LogP contribution is -2.36. The number of benzene rings is 1. The number of hydrogen-bond donors (Lipinski definition) is 2. The van der Waals surface area contributed by atoms with Crippen molar-refractivity contribution in [3.05, 3.63) is 24.3 Å². The first kappa shape index (κ1) is 16.7. The number of amides is 2. The molecule has 23 heavy (non-hydrogen) atoms. The fourth-order valence-electron chi connectivity index (χ4n) is 1.94. The summed E-state index contributed by atoms with van der Waals surface area (Å²) < 4.78 is 32.9. The van der Waals surface area contributed by atoms with Crippen molar-refractivity contribution in [1.82, 2.24) is 5.32 Å². The van der Waals surface area contributed by atoms with Gasteiger partial charge in [-0.3, -0.25) is 9.59 Å². The van der Waals surface area contributed by atoms with Gasteiger partial charge in [-0.25, -0.2) is 4.79 Å². The minimum Gasteiger partial charge on any atom is -0.454 e. The molecule has 0 radical (unpaired) electrons. The standard InChI is InChI=1S/C14H14F2N2O5/c15-14(16)23-9-3-1-8(2-4-9)17-12(20)7-22-13(21)10-5-6-11(19)18-10/h1-4,10,14H,5-7H2,(H,17,20)(H,18,19)/t10-/m1/s1. The molecule has 0 unspecified atom stereocenters. The van der Waals surface area contributed by atoms with E-state index in [-0.39, 0.29) is 18.1 Å². The Labute approximate surface area is 129 Å². The summed E-state index contributed by atoms with van der Waals surface area (Å²) in [6.07, 6.45) is 0.587. The number of nitrogens with one attached hydrogen (secondary N) is 2. The van der Waals surface area contributed by atoms with Gasteiger partial charge >= 0.3 is 12.6 Å². The Morgan fingerprint density at radius 3 is 2.57 bits per heavy atom. The Bertz CT molecular complexity index is 591. The van der Waals surface area contributed by atoms with Gasteiger partial charge in [0, 0.05) is 12.1 Å². The van der Waals surface area contributed by atoms with Crippen LogP contribution < -0.4 is 15.4 Å². The average molecular weight is 328 g/mol. The van der Waals surface area contributed by atoms with Crippen molar-refractivity contribution in [2.45, 2.75) is 25.5 Å². The molecule has 2 rings (SSSR count). The van der Waals surface area contributed by atoms with E-state index in [1.54, 1.807) is 0 Å². The topological polar surface area (TPSA) is 93.7 Å². The third-order valence-corrected chi connectivity index (χ3v) is 2.99. The van der Waals surface area contributed by atoms with E-state index in [1.807, 2.05) is 0 Å². The molecule has 0 bridgehead atoms. The molecule has 2 amide bonds. The summed E-state index contributed by atoms with van der Waals surface area (Å²) >= 11 is 0. The maximum atomic E-state index is 12.0. The summed E-state index contributed by atoms with van der Waals surface area (Å²) in [6, 6.07) is 4.55. The Morgan fingerprint density at radius 2 is 2.00 bits per heavy atom. The van der Waals surface area contributed by atoms with Gasteiger partial charge in [0.15, 0.2) is 6.61 Å². The van der Waals surface area contributed by atoms with Gasteiger partial charge in [-0.2, -0.15) is 8.78 Å². The second-order valence-corrected chi connectivity index (χ2v) is 4.72. The molecule has 9 heteroatoms. The van der Waals surface area contributed by atoms with E-state index in [4.69, 9.17) is 4.74 Å². The number of carbonyl (C=O) groups is 3. The number of hydrogen-bond acceptors (Lipinski definition) is 5. The minimum absolute atomic E-state index is 0.0404. The smallest absolute Gasteiger partial charge is 0.387 e. The number of ether oxygens (including phenoxy) is 2. The largest absolute Gasteiger partial charge is 0.454 e. The van der Waals surface area contributed by atoms with Gasteiger partial charge < -0.3 is 20.1 Å². The summed E-state index contributed by atoms with van der Waals surface area (Å²) in [5, 5.41) is 4.86. The van der Waals surface area contributed by atoms with Crippen LogP contribution in [0.1, 0.15) is 12.8 Å². The molecule has 0 spiro atoms. The summed E-state index contributed by atoms with van der Waals surface area (Å²) in [7, 11) is 0. The van der Waals surface area contributed by atoms with Crippen molar-refractivity contribution in [2.75, 3.05) is 11.9 Å². The van der Waals surface area contributed by atoms with Crippen molar-refractivity contribution in [3.63, 3.8) is 0 Å². The highest BCUT2D eigenvalue weighted by molar-refractivity contribution is 5.94. The lowest BCUT2D eigenvalue weighted by atomic mass is 10.2. The Balaban J connectivity index is 1.76. The Morgan fingerprint density at radius 1 is 1.30 bits per heavy atom. The van der Waals surface area contributed by atoms with Crippen LogP contribution >= 0.6 is 0 Å². The highest BCUT2D eigenvalue weighted by Gasteiger charge is 2.28. The number of carbonyl (C=O) groups excluding carboxylic acids is 3. The maximum absolute atomic E-state index is 12.0. The van der Waals surface area contributed by atoms with Crippen LogP contribution in [0.25, 0.3) is 0 Å². The van der Waals surface area contributed by atoms with Crippen molar-refractivity contribution in [2.24, 2.45) is 0 Å². The zero-order valence-corrected chi connectivity index (χ0v) is 11.9. The quantitative estimate of drug-likeness (QED) is 0.761. The fourth-order valence-corrected chi connectivity index (χ4v) is 1.94. The van der Waals surface area contributed by atoms with E-state index in [2.05, 4.69) is 15.4 Å². The van der Waals surface area contributed by atoms with Gasteiger partial charge in [-0.15, -0.1) is 0 Å². The highest BCUT2D eigenvalue weighted by atomic mass is 19.3. The second kappa shape index (κ2) is 7.52. The molecule has 1 saturated heterocycles. The van der Waals surface area contributed by atoms with Crippen molar-refractivity contribution < 1.29 is 32.6 Å². The molecule has 1 heterocycles. The van der Waals surface area contributed by atoms with E-state index in [0.29, 0.717) is 12.1 Å². The fraction of sp³-hybridized carbons (Fsp3) is 0.357. The molecule has 0 saturated carbocycles. The van der Waals surface area contributed by atoms with Gasteiger partial charge in [0.1, 0.15) is 11.8 Å². The Hall–Kier alpha value is -2.71. The average Bonchev–Trinajstić information content (AvgIpc) is 2.93. The third kappa shape index (κ3) is 5.20. The molecule has 0 aromatic heterocycles. The van der Waals surface area contributed by atoms with Crippen LogP contribution in [0.3, 0.4) is 0 Å². The molecule has 1 aliphatic heterocycles. The van der Waals surface area contributed by atoms with Crippen molar-refractivity contribution >= 4 is 23.5 Å². The molecule has 2 N–H and O–H groups in total. The predicted molar refractivity (Wildman–Crippen MR) is 73.8 cm³/mol. The monoisotopic (exact) mass is 328 g/mol. The molecule has 124 valence electrons. The first-order chi connectivity index (χ1) is 10.9. The van der Waals surface area contributed by atoms with Crippen LogP contribution in [-0.4, -0.2) is 37.0 Å². The van der Waals surface area contributed by atoms with Crippen LogP contribution in [-0.2, 0) is 19.1 Å². The third-order valence-electron chi connectivity index (χ3n) is 2.99. The van der Waals surface area contributed by atoms with E-state index in [0.717, 1.165) is 0 Å². The number of anilines is 1. The van der Waals surface area contributed by atoms with Crippen LogP contribution in [0.5, 0.6) is 5.75 Å². The van der Waals surface area contributed by atoms with Gasteiger partial charge in [-0.1, -0.05) is 0 Å². The zero-order valence-electron chi connectivity index (χ0n) is 11.9. The maximum Gasteiger partial charge on any atom is 0.387 e. The molecule has 1 fully saturated rings. The number of rotatable bonds is 6. The van der Waals surface area contributed by atoms with E-state index in [9.17, 15) is 23.2 Å². The number of esters is 1. The van der Waals surface area contributed by atoms with E-state index >= 15 is 0 Å². The lowest BCUT2D eigenvalue weighted by molar-refractivity contribution is -0.149. The lowest BCUT2D eigenvalue weighted by Gasteiger charge is -2.10. The molecular formula is C14H14F2N2O5. The van der Waals surface area contributed by atoms with Crippen LogP contribution in [0, 0.1) is 0 Å². The van der Waals surface area contributed by atoms with E-state index < -0.39 is 31.1 Å². The molecule has 0 aliphatic carbocycles. The molecule has 1 atom stereocenters. The summed E-state index contributed by atoms with van der Waals surface area (Å²) in [5.41, 5.74) is 0.335. The number of halogens is 2. The molecule has 1 aromatic carbocycles. The van der Waals surface area contributed by atoms with Crippen molar-refractivity contribution in [1.29, 1.82) is 0 Å². The van der Waals surface area contributed by atoms with Gasteiger partial charge in [0.25, 0.3) is 5.91 Å². The number of alkyl halides is 2. The van der Waals surface area contributed by atoms with Gasteiger partial charge in [0.2, 0.25) is 5.91 Å². The Kier molecular flexibility index (Phi) is 5.45. The van der Waals surface area contributed by atoms with Crippen molar-refractivity contribution in [3.8, 4) is 5.75 Å². The SMILES string of the molecule is O=C(COC(=O)[C@H]1CCC(=O)N1)Nc1ccc(OC(F)F)cc1. The predicted octanol–water partition coefficient (Wildman–Crippen LogP) is 1.05. The second-order valence-electron chi connectivity index (χ2n) is 4.72. The highest BCUT2D eigenvalue weighted by Crippen LogP contribution is 2.17. The molecule has 1 aliphatic rings. The van der Waals surface area contributed by atoms with Crippen LogP contribution in [0.4, 0.5) is 14.5 Å². The minimum atomic E-state index is -2.93. The summed E-state index contributed by atoms with van der Waals surface area (Å²) in [5.74, 6) is -1.54. The molecule has 7 nitrogen and oxygen atoms in total. The van der Waals surface area contributed by atoms with Gasteiger partial charge in [-0.05, 0) is 30.7 Å². The van der Waals surface area contributed by atoms with Crippen LogP contribution in [0.2, 0.25) is 0 Å². The molecule has 1 aromatic rings. The zero-order chi connectivity index (χ0) is 16.8. The van der Waals surface area contributed by atoms with Crippen LogP contribution in [0.15, 0.2) is 24.3 Å². The summed E-state index contributed by atoms with van der Waals surface area (Å²) in [4.78, 5) is 34.2. The summed E-state index contributed by atoms with van der Waals surface area (Å²) in [6.45, 7) is -3.44. The normalized spacial score (nSPS) is 16.8. The van der Waals surface area contributed by atoms with Gasteiger partial charge in [0.05, 0.1) is 0 Å². The van der Waals surface area contributed by atoms with E-state index in [1.165, 1.54) is 24.3 Å². The first-order valence-corrected chi connectivity index (χ1v) is 6.75. The first-order valence-electron chi connectivity index (χ1n) is 6.75. The molecular weight excluding hydrogens is 314 g/mol.